The number of hydrogen-bond acceptors (Lipinski definition) is 7. The molecule has 1 heterocycles. The number of nitro groups is 1. The minimum Gasteiger partial charge on any atom is -0.493 e. The lowest BCUT2D eigenvalue weighted by Gasteiger charge is -2.09. The third-order valence-corrected chi connectivity index (χ3v) is 3.38. The highest BCUT2D eigenvalue weighted by atomic mass is 16.6. The fourth-order valence-electron chi connectivity index (χ4n) is 2.30. The molecule has 2 aromatic rings. The molecule has 0 atom stereocenters. The number of nitrogens with zero attached hydrogens (tertiary/aromatic N) is 3. The first kappa shape index (κ1) is 18.5. The van der Waals surface area contributed by atoms with Crippen molar-refractivity contribution in [3.05, 3.63) is 46.2 Å². The van der Waals surface area contributed by atoms with Gasteiger partial charge in [0.15, 0.2) is 5.82 Å². The molecule has 9 nitrogen and oxygen atoms in total. The van der Waals surface area contributed by atoms with Gasteiger partial charge in [-0.3, -0.25) is 10.1 Å². The van der Waals surface area contributed by atoms with E-state index in [2.05, 4.69) is 25.5 Å². The number of rotatable bonds is 10. The first-order valence-corrected chi connectivity index (χ1v) is 8.01. The minimum absolute atomic E-state index is 0.373. The number of hydrogen-bond donors (Lipinski definition) is 3. The average Bonchev–Trinajstić information content (AvgIpc) is 2.93. The summed E-state index contributed by atoms with van der Waals surface area (Å²) < 4.78 is 5.73. The van der Waals surface area contributed by atoms with E-state index < -0.39 is 4.92 Å². The molecule has 136 valence electrons. The van der Waals surface area contributed by atoms with Gasteiger partial charge in [0.25, 0.3) is 6.20 Å². The van der Waals surface area contributed by atoms with Crippen molar-refractivity contribution in [2.24, 2.45) is 0 Å². The number of ether oxygens (including phenoxy) is 1. The summed E-state index contributed by atoms with van der Waals surface area (Å²) in [7, 11) is 5.62. The van der Waals surface area contributed by atoms with E-state index in [1.54, 1.807) is 7.05 Å². The Labute approximate surface area is 146 Å². The minimum atomic E-state index is -0.500. The first-order chi connectivity index (χ1) is 12.0. The highest BCUT2D eigenvalue weighted by Crippen LogP contribution is 2.19. The van der Waals surface area contributed by atoms with Gasteiger partial charge in [-0.2, -0.15) is 0 Å². The summed E-state index contributed by atoms with van der Waals surface area (Å²) >= 11 is 0. The molecule has 0 amide bonds. The van der Waals surface area contributed by atoms with Crippen LogP contribution in [0.4, 0.5) is 0 Å². The number of nitrogens with one attached hydrogen (secondary N) is 3. The molecule has 9 heteroatoms. The van der Waals surface area contributed by atoms with Crippen molar-refractivity contribution < 1.29 is 9.66 Å². The lowest BCUT2D eigenvalue weighted by atomic mass is 10.3. The van der Waals surface area contributed by atoms with Crippen molar-refractivity contribution in [2.45, 2.75) is 13.0 Å². The van der Waals surface area contributed by atoms with Crippen LogP contribution >= 0.6 is 0 Å². The summed E-state index contributed by atoms with van der Waals surface area (Å²) in [6.07, 6.45) is 1.61. The summed E-state index contributed by atoms with van der Waals surface area (Å²) in [5.41, 5.74) is 1.85. The molecule has 0 fully saturated rings. The van der Waals surface area contributed by atoms with E-state index in [0.717, 1.165) is 35.4 Å². The van der Waals surface area contributed by atoms with Crippen LogP contribution in [0.15, 0.2) is 30.2 Å². The maximum atomic E-state index is 10.4. The third kappa shape index (κ3) is 5.96. The topological polar surface area (TPSA) is 108 Å². The van der Waals surface area contributed by atoms with E-state index in [-0.39, 0.29) is 0 Å². The molecule has 3 N–H and O–H groups in total. The molecule has 0 spiro atoms. The number of fused-ring (bicyclic) bond motifs is 1. The molecule has 0 unspecified atom stereocenters. The summed E-state index contributed by atoms with van der Waals surface area (Å²) in [6, 6.07) is 5.75. The second kappa shape index (κ2) is 8.88. The molecule has 0 radical (unpaired) electrons. The fraction of sp³-hybridized carbons (Fsp3) is 0.438. The van der Waals surface area contributed by atoms with Crippen molar-refractivity contribution in [1.29, 1.82) is 0 Å². The number of aromatic amines is 1. The highest BCUT2D eigenvalue weighted by molar-refractivity contribution is 5.76. The van der Waals surface area contributed by atoms with Gasteiger partial charge >= 0.3 is 0 Å². The Morgan fingerprint density at radius 3 is 2.96 bits per heavy atom. The molecule has 0 saturated carbocycles. The molecule has 0 bridgehead atoms. The lowest BCUT2D eigenvalue weighted by molar-refractivity contribution is -0.404. The van der Waals surface area contributed by atoms with Crippen LogP contribution in [0.3, 0.4) is 0 Å². The van der Waals surface area contributed by atoms with Gasteiger partial charge in [-0.1, -0.05) is 0 Å². The van der Waals surface area contributed by atoms with Gasteiger partial charge in [0, 0.05) is 19.7 Å². The number of H-pyrrole nitrogens is 1. The highest BCUT2D eigenvalue weighted by Gasteiger charge is 2.05. The third-order valence-electron chi connectivity index (χ3n) is 3.38. The first-order valence-electron chi connectivity index (χ1n) is 8.01. The molecule has 1 aromatic carbocycles. The van der Waals surface area contributed by atoms with E-state index >= 15 is 0 Å². The summed E-state index contributed by atoms with van der Waals surface area (Å²) in [5.74, 6) is 2.05. The Bertz CT molecular complexity index is 741. The van der Waals surface area contributed by atoms with Crippen molar-refractivity contribution in [1.82, 2.24) is 25.5 Å². The molecular weight excluding hydrogens is 324 g/mol. The monoisotopic (exact) mass is 348 g/mol. The molecule has 0 saturated heterocycles. The van der Waals surface area contributed by atoms with Crippen LogP contribution in [-0.4, -0.2) is 54.1 Å². The van der Waals surface area contributed by atoms with Gasteiger partial charge in [0.1, 0.15) is 11.6 Å². The van der Waals surface area contributed by atoms with Crippen molar-refractivity contribution in [3.63, 3.8) is 0 Å². The molecular formula is C16H24N6O3. The largest absolute Gasteiger partial charge is 0.493 e. The smallest absolute Gasteiger partial charge is 0.274 e. The van der Waals surface area contributed by atoms with Crippen LogP contribution in [0, 0.1) is 10.1 Å². The van der Waals surface area contributed by atoms with E-state index in [0.29, 0.717) is 25.4 Å². The molecule has 2 rings (SSSR count). The van der Waals surface area contributed by atoms with Crippen LogP contribution in [0.25, 0.3) is 11.0 Å². The van der Waals surface area contributed by atoms with Crippen molar-refractivity contribution in [2.75, 3.05) is 34.3 Å². The van der Waals surface area contributed by atoms with Gasteiger partial charge in [0.2, 0.25) is 0 Å². The van der Waals surface area contributed by atoms with E-state index in [1.165, 1.54) is 0 Å². The predicted molar refractivity (Wildman–Crippen MR) is 95.7 cm³/mol. The van der Waals surface area contributed by atoms with Crippen LogP contribution in [0.5, 0.6) is 5.75 Å². The van der Waals surface area contributed by atoms with Crippen LogP contribution in [0.1, 0.15) is 12.2 Å². The van der Waals surface area contributed by atoms with Gasteiger partial charge in [-0.05, 0) is 32.6 Å². The number of benzene rings is 1. The van der Waals surface area contributed by atoms with Gasteiger partial charge in [-0.15, -0.1) is 0 Å². The normalized spacial score (nSPS) is 11.8. The fourth-order valence-corrected chi connectivity index (χ4v) is 2.30. The second-order valence-corrected chi connectivity index (χ2v) is 5.81. The Morgan fingerprint density at radius 2 is 2.28 bits per heavy atom. The SMILES string of the molecule is CN/C(=C/[N+](=O)[O-])NCCCOc1ccc2nc(CN(C)C)[nH]c2c1. The van der Waals surface area contributed by atoms with Gasteiger partial charge in [0.05, 0.1) is 29.1 Å². The van der Waals surface area contributed by atoms with Gasteiger partial charge in [-0.25, -0.2) is 4.98 Å². The van der Waals surface area contributed by atoms with Crippen LogP contribution in [-0.2, 0) is 6.54 Å². The lowest BCUT2D eigenvalue weighted by Crippen LogP contribution is -2.26. The van der Waals surface area contributed by atoms with E-state index in [1.807, 2.05) is 32.3 Å². The summed E-state index contributed by atoms with van der Waals surface area (Å²) in [5, 5.41) is 16.1. The number of imidazole rings is 1. The average molecular weight is 348 g/mol. The molecule has 25 heavy (non-hydrogen) atoms. The quantitative estimate of drug-likeness (QED) is 0.337. The standard InChI is InChI=1S/C16H24N6O3/c1-17-15(11-22(23)24)18-7-4-8-25-12-5-6-13-14(9-12)20-16(19-13)10-21(2)3/h5-6,9,11,17-18H,4,7-8,10H2,1-3H3,(H,19,20)/b15-11-. The summed E-state index contributed by atoms with van der Waals surface area (Å²) in [6.45, 7) is 1.83. The predicted octanol–water partition coefficient (Wildman–Crippen LogP) is 1.28. The Morgan fingerprint density at radius 1 is 1.48 bits per heavy atom. The van der Waals surface area contributed by atoms with Crippen molar-refractivity contribution in [3.8, 4) is 5.75 Å². The van der Waals surface area contributed by atoms with Crippen LogP contribution < -0.4 is 15.4 Å². The maximum absolute atomic E-state index is 10.4. The molecule has 0 aliphatic rings. The Hall–Kier alpha value is -2.81. The zero-order chi connectivity index (χ0) is 18.2. The molecule has 0 aliphatic carbocycles. The zero-order valence-electron chi connectivity index (χ0n) is 14.7. The molecule has 0 aliphatic heterocycles. The number of aromatic nitrogens is 2. The van der Waals surface area contributed by atoms with Crippen molar-refractivity contribution >= 4 is 11.0 Å². The Balaban J connectivity index is 1.81. The second-order valence-electron chi connectivity index (χ2n) is 5.81. The maximum Gasteiger partial charge on any atom is 0.274 e. The summed E-state index contributed by atoms with van der Waals surface area (Å²) in [4.78, 5) is 19.8. The van der Waals surface area contributed by atoms with Crippen LogP contribution in [0.2, 0.25) is 0 Å². The Kier molecular flexibility index (Phi) is 6.58. The van der Waals surface area contributed by atoms with E-state index in [4.69, 9.17) is 4.74 Å². The molecule has 1 aromatic heterocycles. The van der Waals surface area contributed by atoms with Gasteiger partial charge < -0.3 is 25.3 Å². The zero-order valence-corrected chi connectivity index (χ0v) is 14.7. The van der Waals surface area contributed by atoms with E-state index in [9.17, 15) is 10.1 Å².